The molecule has 0 amide bonds. The molecule has 0 unspecified atom stereocenters. The number of thioether (sulfide) groups is 1. The van der Waals surface area contributed by atoms with E-state index in [1.807, 2.05) is 30.3 Å². The van der Waals surface area contributed by atoms with Crippen LogP contribution >= 0.6 is 11.8 Å². The third kappa shape index (κ3) is 3.61. The molecule has 7 heteroatoms. The highest BCUT2D eigenvalue weighted by Gasteiger charge is 2.24. The Labute approximate surface area is 148 Å². The van der Waals surface area contributed by atoms with Gasteiger partial charge in [-0.25, -0.2) is 4.98 Å². The highest BCUT2D eigenvalue weighted by molar-refractivity contribution is 7.98. The first-order chi connectivity index (χ1) is 12.1. The SMILES string of the molecule is Cn1ccnc1C(=O)c1cccc([N+](=O)[O-])c1SCc1ccccc1. The molecule has 1 aromatic heterocycles. The quantitative estimate of drug-likeness (QED) is 0.291. The zero-order valence-electron chi connectivity index (χ0n) is 13.5. The topological polar surface area (TPSA) is 78.0 Å². The Kier molecular flexibility index (Phi) is 4.95. The van der Waals surface area contributed by atoms with Crippen LogP contribution in [0.25, 0.3) is 0 Å². The van der Waals surface area contributed by atoms with E-state index in [0.717, 1.165) is 5.56 Å². The minimum atomic E-state index is -0.456. The number of hydrogen-bond acceptors (Lipinski definition) is 5. The first-order valence-corrected chi connectivity index (χ1v) is 8.52. The Morgan fingerprint density at radius 3 is 2.60 bits per heavy atom. The van der Waals surface area contributed by atoms with E-state index >= 15 is 0 Å². The normalized spacial score (nSPS) is 10.6. The number of carbonyl (C=O) groups is 1. The van der Waals surface area contributed by atoms with Crippen LogP contribution in [-0.2, 0) is 12.8 Å². The largest absolute Gasteiger partial charge is 0.331 e. The number of carbonyl (C=O) groups excluding carboxylic acids is 1. The molecule has 0 fully saturated rings. The van der Waals surface area contributed by atoms with Gasteiger partial charge in [-0.1, -0.05) is 36.4 Å². The number of nitro groups is 1. The van der Waals surface area contributed by atoms with Gasteiger partial charge in [-0.2, -0.15) is 0 Å². The molecule has 0 saturated carbocycles. The van der Waals surface area contributed by atoms with Gasteiger partial charge in [-0.3, -0.25) is 14.9 Å². The van der Waals surface area contributed by atoms with Gasteiger partial charge in [0.05, 0.1) is 9.82 Å². The zero-order chi connectivity index (χ0) is 17.8. The average Bonchev–Trinajstić information content (AvgIpc) is 3.05. The highest BCUT2D eigenvalue weighted by Crippen LogP contribution is 2.35. The minimum absolute atomic E-state index is 0.0685. The third-order valence-electron chi connectivity index (χ3n) is 3.69. The second kappa shape index (κ2) is 7.31. The number of ketones is 1. The number of hydrogen-bond donors (Lipinski definition) is 0. The molecule has 0 N–H and O–H groups in total. The van der Waals surface area contributed by atoms with Gasteiger partial charge in [0.2, 0.25) is 5.78 Å². The smallest absolute Gasteiger partial charge is 0.283 e. The molecule has 3 rings (SSSR count). The van der Waals surface area contributed by atoms with Gasteiger partial charge in [0.1, 0.15) is 0 Å². The fourth-order valence-electron chi connectivity index (χ4n) is 2.43. The molecule has 0 radical (unpaired) electrons. The summed E-state index contributed by atoms with van der Waals surface area (Å²) in [5, 5.41) is 11.4. The summed E-state index contributed by atoms with van der Waals surface area (Å²) >= 11 is 1.29. The fourth-order valence-corrected chi connectivity index (χ4v) is 3.54. The lowest BCUT2D eigenvalue weighted by Crippen LogP contribution is -2.10. The number of benzene rings is 2. The van der Waals surface area contributed by atoms with Crippen LogP contribution < -0.4 is 0 Å². The standard InChI is InChI=1S/C18H15N3O3S/c1-20-11-10-19-18(20)16(22)14-8-5-9-15(21(23)24)17(14)25-12-13-6-3-2-4-7-13/h2-11H,12H2,1H3. The zero-order valence-corrected chi connectivity index (χ0v) is 14.3. The van der Waals surface area contributed by atoms with Crippen LogP contribution in [0.5, 0.6) is 0 Å². The van der Waals surface area contributed by atoms with Crippen LogP contribution in [0.4, 0.5) is 5.69 Å². The average molecular weight is 353 g/mol. The summed E-state index contributed by atoms with van der Waals surface area (Å²) < 4.78 is 1.60. The van der Waals surface area contributed by atoms with Crippen LogP contribution in [0, 0.1) is 10.1 Å². The molecule has 1 heterocycles. The van der Waals surface area contributed by atoms with Crippen molar-refractivity contribution in [3.63, 3.8) is 0 Å². The molecular weight excluding hydrogens is 338 g/mol. The van der Waals surface area contributed by atoms with Crippen LogP contribution in [0.3, 0.4) is 0 Å². The Morgan fingerprint density at radius 2 is 1.96 bits per heavy atom. The number of nitrogens with zero attached hydrogens (tertiary/aromatic N) is 3. The molecule has 0 saturated heterocycles. The second-order valence-corrected chi connectivity index (χ2v) is 6.36. The number of aromatic nitrogens is 2. The molecule has 126 valence electrons. The monoisotopic (exact) mass is 353 g/mol. The van der Waals surface area contributed by atoms with E-state index in [9.17, 15) is 14.9 Å². The van der Waals surface area contributed by atoms with Crippen molar-refractivity contribution in [1.82, 2.24) is 9.55 Å². The van der Waals surface area contributed by atoms with E-state index in [1.165, 1.54) is 30.1 Å². The maximum atomic E-state index is 12.8. The first kappa shape index (κ1) is 16.9. The van der Waals surface area contributed by atoms with Gasteiger partial charge in [-0.15, -0.1) is 11.8 Å². The molecule has 2 aromatic carbocycles. The van der Waals surface area contributed by atoms with Crippen molar-refractivity contribution >= 4 is 23.2 Å². The lowest BCUT2D eigenvalue weighted by molar-refractivity contribution is -0.387. The number of nitro benzene ring substituents is 1. The molecule has 0 spiro atoms. The molecule has 0 bridgehead atoms. The molecular formula is C18H15N3O3S. The Hall–Kier alpha value is -2.93. The van der Waals surface area contributed by atoms with Crippen molar-refractivity contribution in [3.8, 4) is 0 Å². The van der Waals surface area contributed by atoms with Gasteiger partial charge >= 0.3 is 0 Å². The molecule has 0 aliphatic rings. The Morgan fingerprint density at radius 1 is 1.20 bits per heavy atom. The van der Waals surface area contributed by atoms with Crippen molar-refractivity contribution in [1.29, 1.82) is 0 Å². The maximum absolute atomic E-state index is 12.8. The van der Waals surface area contributed by atoms with Crippen LogP contribution in [0.1, 0.15) is 21.7 Å². The van der Waals surface area contributed by atoms with Crippen molar-refractivity contribution in [2.24, 2.45) is 7.05 Å². The summed E-state index contributed by atoms with van der Waals surface area (Å²) in [6, 6.07) is 14.2. The number of imidazole rings is 1. The third-order valence-corrected chi connectivity index (χ3v) is 4.88. The van der Waals surface area contributed by atoms with Gasteiger partial charge in [0, 0.05) is 36.8 Å². The highest BCUT2D eigenvalue weighted by atomic mass is 32.2. The van der Waals surface area contributed by atoms with Gasteiger partial charge in [0.25, 0.3) is 5.69 Å². The summed E-state index contributed by atoms with van der Waals surface area (Å²) in [6.07, 6.45) is 3.20. The van der Waals surface area contributed by atoms with E-state index in [0.29, 0.717) is 16.2 Å². The van der Waals surface area contributed by atoms with E-state index in [2.05, 4.69) is 4.98 Å². The molecule has 3 aromatic rings. The summed E-state index contributed by atoms with van der Waals surface area (Å²) in [7, 11) is 1.72. The van der Waals surface area contributed by atoms with Gasteiger partial charge < -0.3 is 4.57 Å². The van der Waals surface area contributed by atoms with Gasteiger partial charge in [0.15, 0.2) is 5.82 Å². The van der Waals surface area contributed by atoms with E-state index < -0.39 is 4.92 Å². The molecule has 25 heavy (non-hydrogen) atoms. The molecule has 0 aliphatic carbocycles. The lowest BCUT2D eigenvalue weighted by atomic mass is 10.1. The van der Waals surface area contributed by atoms with Gasteiger partial charge in [-0.05, 0) is 11.6 Å². The van der Waals surface area contributed by atoms with Crippen LogP contribution in [0.15, 0.2) is 65.8 Å². The number of rotatable bonds is 6. The maximum Gasteiger partial charge on any atom is 0.283 e. The molecule has 6 nitrogen and oxygen atoms in total. The van der Waals surface area contributed by atoms with E-state index in [-0.39, 0.29) is 17.3 Å². The summed E-state index contributed by atoms with van der Waals surface area (Å²) in [4.78, 5) is 28.2. The molecule has 0 aliphatic heterocycles. The van der Waals surface area contributed by atoms with Crippen molar-refractivity contribution < 1.29 is 9.72 Å². The van der Waals surface area contributed by atoms with Crippen LogP contribution in [0.2, 0.25) is 0 Å². The van der Waals surface area contributed by atoms with Crippen molar-refractivity contribution in [2.75, 3.05) is 0 Å². The second-order valence-electron chi connectivity index (χ2n) is 5.38. The first-order valence-electron chi connectivity index (χ1n) is 7.54. The van der Waals surface area contributed by atoms with Crippen LogP contribution in [-0.4, -0.2) is 20.3 Å². The Bertz CT molecular complexity index is 922. The van der Waals surface area contributed by atoms with E-state index in [4.69, 9.17) is 0 Å². The molecule has 0 atom stereocenters. The lowest BCUT2D eigenvalue weighted by Gasteiger charge is -2.09. The summed E-state index contributed by atoms with van der Waals surface area (Å²) in [5.41, 5.74) is 1.26. The predicted molar refractivity (Wildman–Crippen MR) is 95.7 cm³/mol. The summed E-state index contributed by atoms with van der Waals surface area (Å²) in [6.45, 7) is 0. The minimum Gasteiger partial charge on any atom is -0.331 e. The van der Waals surface area contributed by atoms with Crippen molar-refractivity contribution in [3.05, 3.63) is 88.0 Å². The fraction of sp³-hybridized carbons (Fsp3) is 0.111. The van der Waals surface area contributed by atoms with E-state index in [1.54, 1.807) is 23.9 Å². The summed E-state index contributed by atoms with van der Waals surface area (Å²) in [5.74, 6) is 0.459. The Balaban J connectivity index is 2.00. The van der Waals surface area contributed by atoms with Crippen molar-refractivity contribution in [2.45, 2.75) is 10.6 Å². The predicted octanol–water partition coefficient (Wildman–Crippen LogP) is 3.85. The number of aryl methyl sites for hydroxylation is 1.